The van der Waals surface area contributed by atoms with E-state index in [4.69, 9.17) is 16.3 Å². The molecule has 0 aliphatic heterocycles. The number of halogens is 1. The number of aromatic nitrogens is 3. The van der Waals surface area contributed by atoms with Crippen LogP contribution in [0, 0.1) is 6.92 Å². The molecule has 120 valence electrons. The Hall–Kier alpha value is -1.76. The van der Waals surface area contributed by atoms with E-state index in [-0.39, 0.29) is 0 Å². The highest BCUT2D eigenvalue weighted by atomic mass is 35.5. The number of pyridine rings is 1. The minimum Gasteiger partial charge on any atom is -0.494 e. The lowest BCUT2D eigenvalue weighted by Crippen LogP contribution is -2.05. The molecule has 5 nitrogen and oxygen atoms in total. The van der Waals surface area contributed by atoms with E-state index < -0.39 is 0 Å². The molecule has 3 aromatic rings. The second kappa shape index (κ2) is 6.78. The number of nitrogens with zero attached hydrogens (tertiary/aromatic N) is 3. The number of methoxy groups -OCH3 is 1. The molecule has 1 N–H and O–H groups in total. The van der Waals surface area contributed by atoms with Crippen molar-refractivity contribution in [3.05, 3.63) is 46.9 Å². The van der Waals surface area contributed by atoms with Crippen molar-refractivity contribution < 1.29 is 4.74 Å². The van der Waals surface area contributed by atoms with E-state index in [2.05, 4.69) is 20.9 Å². The Labute approximate surface area is 144 Å². The van der Waals surface area contributed by atoms with Gasteiger partial charge in [0.2, 0.25) is 0 Å². The number of ether oxygens (including phenoxy) is 1. The molecule has 0 spiro atoms. The van der Waals surface area contributed by atoms with Crippen molar-refractivity contribution in [2.24, 2.45) is 0 Å². The predicted molar refractivity (Wildman–Crippen MR) is 95.5 cm³/mol. The standard InChI is InChI=1S/C16H17ClN4OS/c1-10-12-9-18-16(17)7-14(12)21(20-10)13-5-4-11(8-19-23-3)6-15(13)22-2/h4-7,9,19H,8H2,1-3H3. The molecule has 2 aromatic heterocycles. The highest BCUT2D eigenvalue weighted by Gasteiger charge is 2.14. The van der Waals surface area contributed by atoms with Crippen LogP contribution >= 0.6 is 23.5 Å². The summed E-state index contributed by atoms with van der Waals surface area (Å²) >= 11 is 7.64. The van der Waals surface area contributed by atoms with Crippen LogP contribution in [0.25, 0.3) is 16.6 Å². The summed E-state index contributed by atoms with van der Waals surface area (Å²) in [6.45, 7) is 2.73. The molecule has 23 heavy (non-hydrogen) atoms. The van der Waals surface area contributed by atoms with Crippen molar-refractivity contribution >= 4 is 34.5 Å². The van der Waals surface area contributed by atoms with Crippen molar-refractivity contribution in [2.45, 2.75) is 13.5 Å². The third-order valence-corrected chi connectivity index (χ3v) is 4.25. The van der Waals surface area contributed by atoms with Gasteiger partial charge in [0.15, 0.2) is 0 Å². The average Bonchev–Trinajstić information content (AvgIpc) is 2.88. The molecule has 1 aromatic carbocycles. The van der Waals surface area contributed by atoms with E-state index in [1.54, 1.807) is 25.3 Å². The summed E-state index contributed by atoms with van der Waals surface area (Å²) in [6.07, 6.45) is 3.75. The zero-order valence-corrected chi connectivity index (χ0v) is 14.7. The highest BCUT2D eigenvalue weighted by molar-refractivity contribution is 7.96. The zero-order chi connectivity index (χ0) is 16.4. The minimum atomic E-state index is 0.443. The van der Waals surface area contributed by atoms with Crippen LogP contribution in [-0.4, -0.2) is 28.1 Å². The summed E-state index contributed by atoms with van der Waals surface area (Å²) in [5, 5.41) is 6.04. The van der Waals surface area contributed by atoms with Crippen molar-refractivity contribution in [3.63, 3.8) is 0 Å². The van der Waals surface area contributed by atoms with Gasteiger partial charge >= 0.3 is 0 Å². The third-order valence-electron chi connectivity index (χ3n) is 3.61. The lowest BCUT2D eigenvalue weighted by Gasteiger charge is -2.12. The molecule has 0 saturated heterocycles. The molecule has 0 radical (unpaired) electrons. The first kappa shape index (κ1) is 16.1. The van der Waals surface area contributed by atoms with Gasteiger partial charge in [0, 0.05) is 24.2 Å². The molecule has 0 unspecified atom stereocenters. The maximum Gasteiger partial charge on any atom is 0.144 e. The van der Waals surface area contributed by atoms with Crippen LogP contribution in [-0.2, 0) is 6.54 Å². The van der Waals surface area contributed by atoms with Gasteiger partial charge in [-0.3, -0.25) is 4.72 Å². The van der Waals surface area contributed by atoms with Gasteiger partial charge in [0.25, 0.3) is 0 Å². The number of nitrogens with one attached hydrogen (secondary N) is 1. The van der Waals surface area contributed by atoms with Crippen LogP contribution in [0.5, 0.6) is 5.75 Å². The number of hydrogen-bond donors (Lipinski definition) is 1. The maximum atomic E-state index is 6.05. The molecule has 7 heteroatoms. The van der Waals surface area contributed by atoms with E-state index in [1.807, 2.05) is 36.1 Å². The summed E-state index contributed by atoms with van der Waals surface area (Å²) < 4.78 is 10.6. The van der Waals surface area contributed by atoms with Gasteiger partial charge < -0.3 is 4.74 Å². The molecule has 0 fully saturated rings. The smallest absolute Gasteiger partial charge is 0.144 e. The normalized spacial score (nSPS) is 11.1. The van der Waals surface area contributed by atoms with Gasteiger partial charge in [-0.25, -0.2) is 9.67 Å². The highest BCUT2D eigenvalue weighted by Crippen LogP contribution is 2.29. The topological polar surface area (TPSA) is 52.0 Å². The first-order valence-electron chi connectivity index (χ1n) is 7.08. The van der Waals surface area contributed by atoms with Gasteiger partial charge in [-0.15, -0.1) is 0 Å². The summed E-state index contributed by atoms with van der Waals surface area (Å²) in [7, 11) is 1.66. The Kier molecular flexibility index (Phi) is 4.75. The summed E-state index contributed by atoms with van der Waals surface area (Å²) in [4.78, 5) is 4.14. The van der Waals surface area contributed by atoms with Crippen LogP contribution in [0.2, 0.25) is 5.15 Å². The largest absolute Gasteiger partial charge is 0.494 e. The van der Waals surface area contributed by atoms with Gasteiger partial charge in [-0.05, 0) is 30.9 Å². The number of aryl methyl sites for hydroxylation is 1. The summed E-state index contributed by atoms with van der Waals surface area (Å²) in [6, 6.07) is 7.91. The Morgan fingerprint density at radius 3 is 2.91 bits per heavy atom. The number of benzene rings is 1. The van der Waals surface area contributed by atoms with Crippen LogP contribution in [0.3, 0.4) is 0 Å². The maximum absolute atomic E-state index is 6.05. The molecule has 0 bridgehead atoms. The lowest BCUT2D eigenvalue weighted by atomic mass is 10.2. The fraction of sp³-hybridized carbons (Fsp3) is 0.250. The number of fused-ring (bicyclic) bond motifs is 1. The van der Waals surface area contributed by atoms with Crippen LogP contribution in [0.15, 0.2) is 30.5 Å². The molecule has 0 amide bonds. The van der Waals surface area contributed by atoms with Gasteiger partial charge in [0.1, 0.15) is 16.6 Å². The van der Waals surface area contributed by atoms with Crippen LogP contribution < -0.4 is 9.46 Å². The molecule has 3 rings (SSSR count). The van der Waals surface area contributed by atoms with Crippen LogP contribution in [0.4, 0.5) is 0 Å². The second-order valence-corrected chi connectivity index (χ2v) is 6.14. The van der Waals surface area contributed by atoms with Crippen molar-refractivity contribution in [3.8, 4) is 11.4 Å². The van der Waals surface area contributed by atoms with E-state index in [0.717, 1.165) is 40.1 Å². The first-order chi connectivity index (χ1) is 11.1. The van der Waals surface area contributed by atoms with E-state index in [1.165, 1.54) is 0 Å². The average molecular weight is 349 g/mol. The van der Waals surface area contributed by atoms with Gasteiger partial charge in [-0.1, -0.05) is 29.6 Å². The van der Waals surface area contributed by atoms with Crippen molar-refractivity contribution in [1.82, 2.24) is 19.5 Å². The Balaban J connectivity index is 2.13. The Morgan fingerprint density at radius 1 is 1.35 bits per heavy atom. The van der Waals surface area contributed by atoms with Crippen molar-refractivity contribution in [1.29, 1.82) is 0 Å². The SMILES string of the molecule is COc1cc(CNSC)ccc1-n1nc(C)c2cnc(Cl)cc21. The quantitative estimate of drug-likeness (QED) is 0.562. The van der Waals surface area contributed by atoms with Crippen molar-refractivity contribution in [2.75, 3.05) is 13.4 Å². The summed E-state index contributed by atoms with van der Waals surface area (Å²) in [5.41, 5.74) is 3.84. The zero-order valence-electron chi connectivity index (χ0n) is 13.1. The van der Waals surface area contributed by atoms with E-state index >= 15 is 0 Å². The van der Waals surface area contributed by atoms with E-state index in [0.29, 0.717) is 5.15 Å². The van der Waals surface area contributed by atoms with Crippen LogP contribution in [0.1, 0.15) is 11.3 Å². The molecule has 0 aliphatic carbocycles. The fourth-order valence-electron chi connectivity index (χ4n) is 2.48. The Morgan fingerprint density at radius 2 is 2.17 bits per heavy atom. The third kappa shape index (κ3) is 3.15. The molecule has 2 heterocycles. The molecular weight excluding hydrogens is 332 g/mol. The summed E-state index contributed by atoms with van der Waals surface area (Å²) in [5.74, 6) is 0.766. The minimum absolute atomic E-state index is 0.443. The number of rotatable bonds is 5. The predicted octanol–water partition coefficient (Wildman–Crippen LogP) is 3.76. The first-order valence-corrected chi connectivity index (χ1v) is 8.68. The van der Waals surface area contributed by atoms with E-state index in [9.17, 15) is 0 Å². The molecule has 0 atom stereocenters. The molecule has 0 aliphatic rings. The molecule has 0 saturated carbocycles. The molecular formula is C16H17ClN4OS. The van der Waals surface area contributed by atoms with Gasteiger partial charge in [0.05, 0.1) is 18.3 Å². The lowest BCUT2D eigenvalue weighted by molar-refractivity contribution is 0.411. The Bertz CT molecular complexity index is 849. The number of hydrogen-bond acceptors (Lipinski definition) is 5. The fourth-order valence-corrected chi connectivity index (χ4v) is 2.94. The van der Waals surface area contributed by atoms with Gasteiger partial charge in [-0.2, -0.15) is 5.10 Å². The second-order valence-electron chi connectivity index (χ2n) is 5.05. The monoisotopic (exact) mass is 348 g/mol.